The van der Waals surface area contributed by atoms with Gasteiger partial charge in [0.15, 0.2) is 9.84 Å². The van der Waals surface area contributed by atoms with E-state index in [4.69, 9.17) is 23.2 Å². The molecule has 1 aromatic carbocycles. The van der Waals surface area contributed by atoms with Crippen LogP contribution < -0.4 is 10.6 Å². The Morgan fingerprint density at radius 1 is 1.35 bits per heavy atom. The van der Waals surface area contributed by atoms with E-state index in [1.54, 1.807) is 18.2 Å². The van der Waals surface area contributed by atoms with Gasteiger partial charge in [0.2, 0.25) is 5.91 Å². The number of halogens is 2. The summed E-state index contributed by atoms with van der Waals surface area (Å²) in [5.74, 6) is -0.134. The van der Waals surface area contributed by atoms with E-state index in [2.05, 4.69) is 10.6 Å². The molecule has 20 heavy (non-hydrogen) atoms. The summed E-state index contributed by atoms with van der Waals surface area (Å²) < 4.78 is 22.6. The van der Waals surface area contributed by atoms with Crippen molar-refractivity contribution in [3.05, 3.63) is 28.2 Å². The second-order valence-electron chi connectivity index (χ2n) is 4.62. The average Bonchev–Trinajstić information content (AvgIpc) is 2.70. The van der Waals surface area contributed by atoms with Crippen molar-refractivity contribution >= 4 is 44.6 Å². The van der Waals surface area contributed by atoms with Gasteiger partial charge in [0, 0.05) is 6.04 Å². The Hall–Kier alpha value is -0.980. The molecule has 110 valence electrons. The molecular weight excluding hydrogens is 323 g/mol. The number of nitrogens with one attached hydrogen (secondary N) is 2. The van der Waals surface area contributed by atoms with E-state index in [0.717, 1.165) is 0 Å². The van der Waals surface area contributed by atoms with Crippen molar-refractivity contribution < 1.29 is 13.2 Å². The molecule has 1 fully saturated rings. The monoisotopic (exact) mass is 336 g/mol. The van der Waals surface area contributed by atoms with Crippen LogP contribution >= 0.6 is 23.2 Å². The number of benzene rings is 1. The minimum Gasteiger partial charge on any atom is -0.375 e. The zero-order chi connectivity index (χ0) is 14.8. The van der Waals surface area contributed by atoms with Crippen LogP contribution in [0, 0.1) is 0 Å². The Morgan fingerprint density at radius 3 is 2.75 bits per heavy atom. The lowest BCUT2D eigenvalue weighted by Gasteiger charge is -2.13. The van der Waals surface area contributed by atoms with Crippen LogP contribution in [-0.2, 0) is 14.6 Å². The highest BCUT2D eigenvalue weighted by molar-refractivity contribution is 7.91. The fourth-order valence-corrected chi connectivity index (χ4v) is 4.04. The number of sulfone groups is 1. The van der Waals surface area contributed by atoms with Gasteiger partial charge >= 0.3 is 0 Å². The summed E-state index contributed by atoms with van der Waals surface area (Å²) in [4.78, 5) is 11.7. The first-order valence-corrected chi connectivity index (χ1v) is 8.63. The molecule has 5 nitrogen and oxygen atoms in total. The Kier molecular flexibility index (Phi) is 4.78. The van der Waals surface area contributed by atoms with E-state index in [0.29, 0.717) is 22.2 Å². The van der Waals surface area contributed by atoms with Gasteiger partial charge in [-0.2, -0.15) is 0 Å². The predicted molar refractivity (Wildman–Crippen MR) is 80.2 cm³/mol. The highest BCUT2D eigenvalue weighted by Crippen LogP contribution is 2.29. The van der Waals surface area contributed by atoms with Crippen LogP contribution in [0.5, 0.6) is 0 Å². The predicted octanol–water partition coefficient (Wildman–Crippen LogP) is 1.71. The maximum Gasteiger partial charge on any atom is 0.239 e. The number of rotatable bonds is 4. The van der Waals surface area contributed by atoms with E-state index in [1.165, 1.54) is 0 Å². The summed E-state index contributed by atoms with van der Waals surface area (Å²) in [6, 6.07) is 4.78. The van der Waals surface area contributed by atoms with E-state index in [1.807, 2.05) is 0 Å². The zero-order valence-corrected chi connectivity index (χ0v) is 12.9. The Balaban J connectivity index is 1.85. The molecule has 0 aromatic heterocycles. The second-order valence-corrected chi connectivity index (χ2v) is 7.64. The molecule has 0 bridgehead atoms. The number of amides is 1. The summed E-state index contributed by atoms with van der Waals surface area (Å²) in [6.45, 7) is 0.0105. The minimum atomic E-state index is -2.99. The topological polar surface area (TPSA) is 75.3 Å². The third-order valence-corrected chi connectivity index (χ3v) is 5.58. The van der Waals surface area contributed by atoms with Crippen molar-refractivity contribution in [3.8, 4) is 0 Å². The number of hydrogen-bond acceptors (Lipinski definition) is 4. The van der Waals surface area contributed by atoms with Crippen LogP contribution in [0.4, 0.5) is 5.69 Å². The number of carbonyl (C=O) groups is 1. The highest BCUT2D eigenvalue weighted by atomic mass is 35.5. The fraction of sp³-hybridized carbons (Fsp3) is 0.417. The van der Waals surface area contributed by atoms with E-state index in [-0.39, 0.29) is 30.0 Å². The third-order valence-electron chi connectivity index (χ3n) is 2.99. The van der Waals surface area contributed by atoms with Crippen LogP contribution in [0.25, 0.3) is 0 Å². The van der Waals surface area contributed by atoms with Gasteiger partial charge in [0.1, 0.15) is 0 Å². The lowest BCUT2D eigenvalue weighted by Crippen LogP contribution is -2.39. The summed E-state index contributed by atoms with van der Waals surface area (Å²) in [5.41, 5.74) is 0.563. The molecule has 1 aromatic rings. The lowest BCUT2D eigenvalue weighted by molar-refractivity contribution is -0.119. The molecule has 1 saturated heterocycles. The first-order chi connectivity index (χ1) is 9.37. The molecule has 1 amide bonds. The van der Waals surface area contributed by atoms with Crippen molar-refractivity contribution in [3.63, 3.8) is 0 Å². The lowest BCUT2D eigenvalue weighted by atomic mass is 10.2. The molecule has 2 N–H and O–H groups in total. The summed E-state index contributed by atoms with van der Waals surface area (Å²) in [6.07, 6.45) is 0.464. The molecule has 1 atom stereocenters. The van der Waals surface area contributed by atoms with Crippen molar-refractivity contribution in [2.45, 2.75) is 12.5 Å². The van der Waals surface area contributed by atoms with Crippen LogP contribution in [0.2, 0.25) is 10.0 Å². The van der Waals surface area contributed by atoms with Crippen LogP contribution in [-0.4, -0.2) is 38.4 Å². The Morgan fingerprint density at radius 2 is 2.10 bits per heavy atom. The molecule has 2 rings (SSSR count). The van der Waals surface area contributed by atoms with Gasteiger partial charge < -0.3 is 10.6 Å². The normalized spacial score (nSPS) is 20.6. The maximum absolute atomic E-state index is 11.7. The first-order valence-electron chi connectivity index (χ1n) is 6.05. The quantitative estimate of drug-likeness (QED) is 0.877. The Labute approximate surface area is 127 Å². The standard InChI is InChI=1S/C12H14Cl2N2O3S/c13-9-2-1-3-10(12(9)14)15-6-11(17)16-8-4-5-20(18,19)7-8/h1-3,8,15H,4-7H2,(H,16,17)/t8-/m0/s1. The second kappa shape index (κ2) is 6.20. The van der Waals surface area contributed by atoms with Crippen LogP contribution in [0.15, 0.2) is 18.2 Å². The molecule has 0 saturated carbocycles. The summed E-state index contributed by atoms with van der Waals surface area (Å²) in [7, 11) is -2.99. The van der Waals surface area contributed by atoms with Crippen molar-refractivity contribution in [2.24, 2.45) is 0 Å². The largest absolute Gasteiger partial charge is 0.375 e. The molecule has 0 aliphatic carbocycles. The van der Waals surface area contributed by atoms with Gasteiger partial charge in [-0.05, 0) is 18.6 Å². The van der Waals surface area contributed by atoms with Crippen LogP contribution in [0.1, 0.15) is 6.42 Å². The summed E-state index contributed by atoms with van der Waals surface area (Å²) in [5, 5.41) is 6.31. The van der Waals surface area contributed by atoms with Gasteiger partial charge in [-0.1, -0.05) is 29.3 Å². The zero-order valence-electron chi connectivity index (χ0n) is 10.5. The number of carbonyl (C=O) groups excluding carboxylic acids is 1. The molecule has 1 aliphatic rings. The van der Waals surface area contributed by atoms with E-state index in [9.17, 15) is 13.2 Å². The number of anilines is 1. The molecule has 0 spiro atoms. The molecule has 0 radical (unpaired) electrons. The smallest absolute Gasteiger partial charge is 0.239 e. The van der Waals surface area contributed by atoms with Gasteiger partial charge in [-0.3, -0.25) is 4.79 Å². The molecular formula is C12H14Cl2N2O3S. The van der Waals surface area contributed by atoms with E-state index >= 15 is 0 Å². The first kappa shape index (κ1) is 15.4. The van der Waals surface area contributed by atoms with Gasteiger partial charge in [-0.15, -0.1) is 0 Å². The average molecular weight is 337 g/mol. The van der Waals surface area contributed by atoms with E-state index < -0.39 is 9.84 Å². The van der Waals surface area contributed by atoms with Crippen molar-refractivity contribution in [1.82, 2.24) is 5.32 Å². The van der Waals surface area contributed by atoms with Gasteiger partial charge in [-0.25, -0.2) is 8.42 Å². The molecule has 1 aliphatic heterocycles. The SMILES string of the molecule is O=C(CNc1cccc(Cl)c1Cl)N[C@H]1CCS(=O)(=O)C1. The molecule has 1 heterocycles. The summed E-state index contributed by atoms with van der Waals surface area (Å²) >= 11 is 11.8. The molecule has 8 heteroatoms. The molecule has 0 unspecified atom stereocenters. The third kappa shape index (κ3) is 4.01. The highest BCUT2D eigenvalue weighted by Gasteiger charge is 2.28. The fourth-order valence-electron chi connectivity index (χ4n) is 2.00. The van der Waals surface area contributed by atoms with Crippen molar-refractivity contribution in [2.75, 3.05) is 23.4 Å². The Bertz CT molecular complexity index is 619. The number of hydrogen-bond donors (Lipinski definition) is 2. The van der Waals surface area contributed by atoms with Gasteiger partial charge in [0.05, 0.1) is 33.8 Å². The maximum atomic E-state index is 11.7. The minimum absolute atomic E-state index is 0.0105. The van der Waals surface area contributed by atoms with Crippen LogP contribution in [0.3, 0.4) is 0 Å². The van der Waals surface area contributed by atoms with Crippen molar-refractivity contribution in [1.29, 1.82) is 0 Å². The van der Waals surface area contributed by atoms with Gasteiger partial charge in [0.25, 0.3) is 0 Å².